The van der Waals surface area contributed by atoms with Gasteiger partial charge in [0.1, 0.15) is 5.75 Å². The van der Waals surface area contributed by atoms with E-state index in [1.54, 1.807) is 0 Å². The van der Waals surface area contributed by atoms with Crippen molar-refractivity contribution in [1.29, 1.82) is 0 Å². The summed E-state index contributed by atoms with van der Waals surface area (Å²) in [6, 6.07) is 12.2. The van der Waals surface area contributed by atoms with Gasteiger partial charge in [-0.25, -0.2) is 0 Å². The van der Waals surface area contributed by atoms with Crippen molar-refractivity contribution < 1.29 is 4.74 Å². The summed E-state index contributed by atoms with van der Waals surface area (Å²) in [7, 11) is 0. The van der Waals surface area contributed by atoms with Crippen molar-refractivity contribution in [2.75, 3.05) is 11.9 Å². The van der Waals surface area contributed by atoms with Gasteiger partial charge in [0.15, 0.2) is 0 Å². The smallest absolute Gasteiger partial charge is 0.119 e. The van der Waals surface area contributed by atoms with Crippen molar-refractivity contribution in [3.8, 4) is 5.75 Å². The van der Waals surface area contributed by atoms with E-state index in [2.05, 4.69) is 72.2 Å². The van der Waals surface area contributed by atoms with Gasteiger partial charge >= 0.3 is 0 Å². The first-order valence-corrected chi connectivity index (χ1v) is 9.08. The second-order valence-electron chi connectivity index (χ2n) is 4.59. The molecule has 1 N–H and O–H groups in total. The zero-order chi connectivity index (χ0) is 15.2. The Bertz CT molecular complexity index is 576. The van der Waals surface area contributed by atoms with Gasteiger partial charge in [-0.1, -0.05) is 35.0 Å². The minimum Gasteiger partial charge on any atom is -0.494 e. The fourth-order valence-corrected chi connectivity index (χ4v) is 4.36. The predicted octanol–water partition coefficient (Wildman–Crippen LogP) is 6.38. The van der Waals surface area contributed by atoms with E-state index in [1.807, 2.05) is 24.3 Å². The van der Waals surface area contributed by atoms with Crippen LogP contribution >= 0.6 is 47.8 Å². The lowest BCUT2D eigenvalue weighted by Gasteiger charge is -2.12. The Morgan fingerprint density at radius 3 is 2.19 bits per heavy atom. The van der Waals surface area contributed by atoms with Crippen LogP contribution in [0.3, 0.4) is 0 Å². The van der Waals surface area contributed by atoms with Gasteiger partial charge in [0, 0.05) is 20.0 Å². The van der Waals surface area contributed by atoms with Crippen LogP contribution in [0.15, 0.2) is 49.8 Å². The molecule has 5 heteroatoms. The molecule has 2 aromatic carbocycles. The number of hydrogen-bond donors (Lipinski definition) is 1. The van der Waals surface area contributed by atoms with Gasteiger partial charge in [0.2, 0.25) is 0 Å². The molecule has 2 nitrogen and oxygen atoms in total. The molecule has 0 atom stereocenters. The summed E-state index contributed by atoms with van der Waals surface area (Å²) < 4.78 is 8.66. The Labute approximate surface area is 150 Å². The molecule has 112 valence electrons. The summed E-state index contributed by atoms with van der Waals surface area (Å²) in [5, 5.41) is 3.43. The number of halogens is 3. The van der Waals surface area contributed by atoms with Crippen molar-refractivity contribution in [1.82, 2.24) is 0 Å². The molecule has 0 heterocycles. The zero-order valence-electron chi connectivity index (χ0n) is 11.6. The van der Waals surface area contributed by atoms with Gasteiger partial charge < -0.3 is 10.1 Å². The molecular formula is C16H16Br3NO. The van der Waals surface area contributed by atoms with Crippen molar-refractivity contribution in [2.24, 2.45) is 0 Å². The molecule has 2 rings (SSSR count). The van der Waals surface area contributed by atoms with Crippen LogP contribution in [0.1, 0.15) is 18.9 Å². The lowest BCUT2D eigenvalue weighted by molar-refractivity contribution is 0.317. The lowest BCUT2D eigenvalue weighted by Crippen LogP contribution is -2.01. The molecule has 0 aliphatic rings. The summed E-state index contributed by atoms with van der Waals surface area (Å²) in [6.07, 6.45) is 1.02. The summed E-state index contributed by atoms with van der Waals surface area (Å²) >= 11 is 10.6. The predicted molar refractivity (Wildman–Crippen MR) is 99.1 cm³/mol. The van der Waals surface area contributed by atoms with E-state index in [1.165, 1.54) is 5.56 Å². The molecule has 0 aliphatic carbocycles. The Morgan fingerprint density at radius 2 is 1.62 bits per heavy atom. The van der Waals surface area contributed by atoms with Gasteiger partial charge in [-0.3, -0.25) is 0 Å². The summed E-state index contributed by atoms with van der Waals surface area (Å²) in [5.41, 5.74) is 2.25. The number of anilines is 1. The van der Waals surface area contributed by atoms with E-state index in [4.69, 9.17) is 4.74 Å². The largest absolute Gasteiger partial charge is 0.494 e. The molecule has 2 aromatic rings. The second-order valence-corrected chi connectivity index (χ2v) is 7.21. The van der Waals surface area contributed by atoms with Crippen molar-refractivity contribution >= 4 is 53.5 Å². The zero-order valence-corrected chi connectivity index (χ0v) is 16.4. The number of rotatable bonds is 6. The van der Waals surface area contributed by atoms with E-state index in [0.29, 0.717) is 0 Å². The first-order chi connectivity index (χ1) is 10.1. The topological polar surface area (TPSA) is 21.3 Å². The Hall–Kier alpha value is -0.520. The molecule has 0 spiro atoms. The maximum absolute atomic E-state index is 5.58. The third-order valence-electron chi connectivity index (χ3n) is 2.87. The summed E-state index contributed by atoms with van der Waals surface area (Å²) in [4.78, 5) is 0. The minimum atomic E-state index is 0.757. The van der Waals surface area contributed by atoms with Crippen molar-refractivity contribution in [2.45, 2.75) is 19.9 Å². The molecule has 0 aromatic heterocycles. The van der Waals surface area contributed by atoms with Crippen LogP contribution < -0.4 is 10.1 Å². The Kier molecular flexibility index (Phi) is 6.58. The van der Waals surface area contributed by atoms with E-state index in [0.717, 1.165) is 44.4 Å². The fraction of sp³-hybridized carbons (Fsp3) is 0.250. The fourth-order valence-electron chi connectivity index (χ4n) is 1.82. The third-order valence-corrected chi connectivity index (χ3v) is 4.58. The first kappa shape index (κ1) is 16.8. The van der Waals surface area contributed by atoms with Crippen LogP contribution in [-0.2, 0) is 6.54 Å². The van der Waals surface area contributed by atoms with Gasteiger partial charge in [-0.05, 0) is 68.1 Å². The highest BCUT2D eigenvalue weighted by Crippen LogP contribution is 2.34. The highest BCUT2D eigenvalue weighted by molar-refractivity contribution is 9.11. The summed E-state index contributed by atoms with van der Waals surface area (Å²) in [6.45, 7) is 3.62. The molecule has 0 amide bonds. The Morgan fingerprint density at radius 1 is 1.00 bits per heavy atom. The molecule has 0 unspecified atom stereocenters. The van der Waals surface area contributed by atoms with Crippen LogP contribution in [0.25, 0.3) is 0 Å². The van der Waals surface area contributed by atoms with Gasteiger partial charge in [0.25, 0.3) is 0 Å². The van der Waals surface area contributed by atoms with Crippen molar-refractivity contribution in [3.05, 3.63) is 55.4 Å². The van der Waals surface area contributed by atoms with Crippen LogP contribution in [0.4, 0.5) is 5.69 Å². The Balaban J connectivity index is 2.00. The van der Waals surface area contributed by atoms with Crippen molar-refractivity contribution in [3.63, 3.8) is 0 Å². The van der Waals surface area contributed by atoms with E-state index >= 15 is 0 Å². The highest BCUT2D eigenvalue weighted by atomic mass is 79.9. The second kappa shape index (κ2) is 8.20. The van der Waals surface area contributed by atoms with Crippen LogP contribution in [0.5, 0.6) is 5.75 Å². The quantitative estimate of drug-likeness (QED) is 0.521. The standard InChI is InChI=1S/C16H16Br3NO/c1-2-7-21-13-5-3-11(4-6-13)10-20-16-14(18)8-12(17)9-15(16)19/h3-6,8-9,20H,2,7,10H2,1H3. The third kappa shape index (κ3) is 5.01. The molecule has 21 heavy (non-hydrogen) atoms. The average molecular weight is 478 g/mol. The van der Waals surface area contributed by atoms with Gasteiger partial charge in [-0.15, -0.1) is 0 Å². The number of nitrogens with one attached hydrogen (secondary N) is 1. The van der Waals surface area contributed by atoms with Gasteiger partial charge in [-0.2, -0.15) is 0 Å². The average Bonchev–Trinajstić information content (AvgIpc) is 2.45. The van der Waals surface area contributed by atoms with E-state index < -0.39 is 0 Å². The maximum Gasteiger partial charge on any atom is 0.119 e. The summed E-state index contributed by atoms with van der Waals surface area (Å²) in [5.74, 6) is 0.923. The van der Waals surface area contributed by atoms with E-state index in [-0.39, 0.29) is 0 Å². The lowest BCUT2D eigenvalue weighted by atomic mass is 10.2. The van der Waals surface area contributed by atoms with Crippen LogP contribution in [-0.4, -0.2) is 6.61 Å². The molecular weight excluding hydrogens is 462 g/mol. The SMILES string of the molecule is CCCOc1ccc(CNc2c(Br)cc(Br)cc2Br)cc1. The molecule has 0 radical (unpaired) electrons. The number of benzene rings is 2. The molecule has 0 saturated carbocycles. The highest BCUT2D eigenvalue weighted by Gasteiger charge is 2.06. The van der Waals surface area contributed by atoms with Gasteiger partial charge in [0.05, 0.1) is 12.3 Å². The van der Waals surface area contributed by atoms with Crippen LogP contribution in [0, 0.1) is 0 Å². The molecule has 0 bridgehead atoms. The monoisotopic (exact) mass is 475 g/mol. The first-order valence-electron chi connectivity index (χ1n) is 6.70. The number of ether oxygens (including phenoxy) is 1. The number of hydrogen-bond acceptors (Lipinski definition) is 2. The maximum atomic E-state index is 5.58. The normalized spacial score (nSPS) is 10.5. The van der Waals surface area contributed by atoms with Crippen LogP contribution in [0.2, 0.25) is 0 Å². The molecule has 0 aliphatic heterocycles. The minimum absolute atomic E-state index is 0.757. The van der Waals surface area contributed by atoms with E-state index in [9.17, 15) is 0 Å². The molecule has 0 saturated heterocycles. The molecule has 0 fully saturated rings.